The fraction of sp³-hybridized carbons (Fsp3) is 0.750. The van der Waals surface area contributed by atoms with E-state index >= 15 is 0 Å². The normalized spacial score (nSPS) is 26.1. The minimum atomic E-state index is -0.511. The summed E-state index contributed by atoms with van der Waals surface area (Å²) in [6.45, 7) is 12.0. The van der Waals surface area contributed by atoms with Crippen LogP contribution in [0.1, 0.15) is 41.5 Å². The van der Waals surface area contributed by atoms with Gasteiger partial charge in [-0.15, -0.1) is 0 Å². The molecule has 2 N–H and O–H groups in total. The first-order valence-corrected chi connectivity index (χ1v) is 7.22. The van der Waals surface area contributed by atoms with E-state index in [2.05, 4.69) is 30.6 Å². The van der Waals surface area contributed by atoms with Crippen molar-refractivity contribution in [1.82, 2.24) is 10.6 Å². The third kappa shape index (κ3) is 3.22. The maximum absolute atomic E-state index is 12.5. The summed E-state index contributed by atoms with van der Waals surface area (Å²) < 4.78 is 0. The molecule has 2 amide bonds. The standard InChI is InChI=1S/C16H28N2O2/c1-8-9-10-11(16(10,5)6)13(19)18-12(14(20)17-7)15(2,3)4/h8-12H,1-7H3,(H,17,20)(H,18,19)/b9-8+/t10?,11-,12?/m0/s1. The van der Waals surface area contributed by atoms with Crippen LogP contribution >= 0.6 is 0 Å². The van der Waals surface area contributed by atoms with Crippen LogP contribution in [0.25, 0.3) is 0 Å². The van der Waals surface area contributed by atoms with Gasteiger partial charge in [-0.25, -0.2) is 0 Å². The predicted molar refractivity (Wildman–Crippen MR) is 81.0 cm³/mol. The Balaban J connectivity index is 2.81. The van der Waals surface area contributed by atoms with Crippen LogP contribution in [0.5, 0.6) is 0 Å². The van der Waals surface area contributed by atoms with Crippen LogP contribution in [-0.4, -0.2) is 24.9 Å². The van der Waals surface area contributed by atoms with Gasteiger partial charge in [0.05, 0.1) is 5.92 Å². The Morgan fingerprint density at radius 3 is 2.20 bits per heavy atom. The summed E-state index contributed by atoms with van der Waals surface area (Å²) >= 11 is 0. The van der Waals surface area contributed by atoms with Gasteiger partial charge in [-0.3, -0.25) is 9.59 Å². The molecule has 0 spiro atoms. The fourth-order valence-corrected chi connectivity index (χ4v) is 2.80. The van der Waals surface area contributed by atoms with E-state index in [-0.39, 0.29) is 34.5 Å². The van der Waals surface area contributed by atoms with Crippen LogP contribution in [0.3, 0.4) is 0 Å². The number of carbonyl (C=O) groups excluding carboxylic acids is 2. The summed E-state index contributed by atoms with van der Waals surface area (Å²) in [6.07, 6.45) is 4.07. The second-order valence-electron chi connectivity index (χ2n) is 7.27. The minimum absolute atomic E-state index is 0.0261. The molecule has 0 aromatic carbocycles. The smallest absolute Gasteiger partial charge is 0.242 e. The third-order valence-electron chi connectivity index (χ3n) is 4.25. The molecule has 0 radical (unpaired) electrons. The van der Waals surface area contributed by atoms with Crippen molar-refractivity contribution in [2.45, 2.75) is 47.6 Å². The van der Waals surface area contributed by atoms with Crippen LogP contribution < -0.4 is 10.6 Å². The van der Waals surface area contributed by atoms with Gasteiger partial charge in [0, 0.05) is 7.05 Å². The van der Waals surface area contributed by atoms with E-state index in [1.165, 1.54) is 0 Å². The van der Waals surface area contributed by atoms with Crippen LogP contribution in [0.4, 0.5) is 0 Å². The minimum Gasteiger partial charge on any atom is -0.357 e. The molecule has 4 nitrogen and oxygen atoms in total. The summed E-state index contributed by atoms with van der Waals surface area (Å²) in [6, 6.07) is -0.511. The Kier molecular flexibility index (Phi) is 4.67. The van der Waals surface area contributed by atoms with Crippen molar-refractivity contribution in [2.24, 2.45) is 22.7 Å². The molecule has 0 heterocycles. The quantitative estimate of drug-likeness (QED) is 0.775. The van der Waals surface area contributed by atoms with Gasteiger partial charge in [-0.1, -0.05) is 46.8 Å². The Hall–Kier alpha value is -1.32. The number of hydrogen-bond acceptors (Lipinski definition) is 2. The second kappa shape index (κ2) is 5.58. The van der Waals surface area contributed by atoms with Crippen molar-refractivity contribution >= 4 is 11.8 Å². The number of allylic oxidation sites excluding steroid dienone is 2. The number of hydrogen-bond donors (Lipinski definition) is 2. The number of likely N-dealkylation sites (N-methyl/N-ethyl adjacent to an activating group) is 1. The topological polar surface area (TPSA) is 58.2 Å². The molecule has 0 bridgehead atoms. The van der Waals surface area contributed by atoms with Crippen molar-refractivity contribution in [1.29, 1.82) is 0 Å². The zero-order valence-electron chi connectivity index (χ0n) is 13.7. The van der Waals surface area contributed by atoms with Gasteiger partial charge in [-0.05, 0) is 23.7 Å². The maximum Gasteiger partial charge on any atom is 0.242 e. The molecule has 3 atom stereocenters. The average Bonchev–Trinajstić information content (AvgIpc) is 2.86. The van der Waals surface area contributed by atoms with Crippen LogP contribution in [-0.2, 0) is 9.59 Å². The summed E-state index contributed by atoms with van der Waals surface area (Å²) in [4.78, 5) is 24.4. The van der Waals surface area contributed by atoms with E-state index < -0.39 is 6.04 Å². The van der Waals surface area contributed by atoms with Crippen molar-refractivity contribution in [3.63, 3.8) is 0 Å². The van der Waals surface area contributed by atoms with Crippen molar-refractivity contribution in [3.8, 4) is 0 Å². The molecule has 1 fully saturated rings. The molecule has 0 saturated heterocycles. The molecule has 0 aromatic rings. The molecular formula is C16H28N2O2. The Morgan fingerprint density at radius 1 is 1.25 bits per heavy atom. The lowest BCUT2D eigenvalue weighted by Crippen LogP contribution is -2.53. The highest BCUT2D eigenvalue weighted by molar-refractivity contribution is 5.90. The van der Waals surface area contributed by atoms with Crippen molar-refractivity contribution < 1.29 is 9.59 Å². The fourth-order valence-electron chi connectivity index (χ4n) is 2.80. The van der Waals surface area contributed by atoms with E-state index in [1.54, 1.807) is 7.05 Å². The molecule has 1 aliphatic rings. The largest absolute Gasteiger partial charge is 0.357 e. The first-order chi connectivity index (χ1) is 9.07. The summed E-state index contributed by atoms with van der Waals surface area (Å²) in [5.74, 6) is 0.0412. The van der Waals surface area contributed by atoms with E-state index in [9.17, 15) is 9.59 Å². The lowest BCUT2D eigenvalue weighted by atomic mass is 9.86. The summed E-state index contributed by atoms with van der Waals surface area (Å²) in [5, 5.41) is 5.55. The van der Waals surface area contributed by atoms with Gasteiger partial charge in [0.25, 0.3) is 0 Å². The average molecular weight is 280 g/mol. The van der Waals surface area contributed by atoms with Gasteiger partial charge in [0.1, 0.15) is 6.04 Å². The molecule has 1 saturated carbocycles. The van der Waals surface area contributed by atoms with E-state index in [1.807, 2.05) is 33.8 Å². The van der Waals surface area contributed by atoms with Crippen LogP contribution in [0.2, 0.25) is 0 Å². The Morgan fingerprint density at radius 2 is 1.80 bits per heavy atom. The Labute approximate surface area is 122 Å². The van der Waals surface area contributed by atoms with Crippen LogP contribution in [0, 0.1) is 22.7 Å². The predicted octanol–water partition coefficient (Wildman–Crippen LogP) is 2.11. The molecule has 2 unspecified atom stereocenters. The third-order valence-corrected chi connectivity index (χ3v) is 4.25. The molecular weight excluding hydrogens is 252 g/mol. The van der Waals surface area contributed by atoms with Crippen molar-refractivity contribution in [2.75, 3.05) is 7.05 Å². The molecule has 0 aliphatic heterocycles. The SMILES string of the molecule is C/C=C/C1[C@@H](C(=O)NC(C(=O)NC)C(C)(C)C)C1(C)C. The summed E-state index contributed by atoms with van der Waals surface area (Å²) in [7, 11) is 1.59. The lowest BCUT2D eigenvalue weighted by Gasteiger charge is -2.30. The highest BCUT2D eigenvalue weighted by Crippen LogP contribution is 2.59. The van der Waals surface area contributed by atoms with Gasteiger partial charge in [0.2, 0.25) is 11.8 Å². The van der Waals surface area contributed by atoms with E-state index in [0.717, 1.165) is 0 Å². The van der Waals surface area contributed by atoms with E-state index in [4.69, 9.17) is 0 Å². The number of carbonyl (C=O) groups is 2. The first kappa shape index (κ1) is 16.7. The number of amides is 2. The highest BCUT2D eigenvalue weighted by atomic mass is 16.2. The number of rotatable bonds is 4. The van der Waals surface area contributed by atoms with Gasteiger partial charge in [0.15, 0.2) is 0 Å². The van der Waals surface area contributed by atoms with Crippen molar-refractivity contribution in [3.05, 3.63) is 12.2 Å². The molecule has 1 rings (SSSR count). The molecule has 114 valence electrons. The van der Waals surface area contributed by atoms with Gasteiger partial charge >= 0.3 is 0 Å². The zero-order valence-corrected chi connectivity index (χ0v) is 13.7. The second-order valence-corrected chi connectivity index (χ2v) is 7.27. The Bertz CT molecular complexity index is 419. The molecule has 20 heavy (non-hydrogen) atoms. The number of nitrogens with one attached hydrogen (secondary N) is 2. The maximum atomic E-state index is 12.5. The molecule has 4 heteroatoms. The lowest BCUT2D eigenvalue weighted by molar-refractivity contribution is -0.132. The molecule has 0 aromatic heterocycles. The highest BCUT2D eigenvalue weighted by Gasteiger charge is 2.60. The zero-order chi connectivity index (χ0) is 15.7. The molecule has 1 aliphatic carbocycles. The first-order valence-electron chi connectivity index (χ1n) is 7.22. The van der Waals surface area contributed by atoms with Gasteiger partial charge in [-0.2, -0.15) is 0 Å². The van der Waals surface area contributed by atoms with E-state index in [0.29, 0.717) is 0 Å². The van der Waals surface area contributed by atoms with Gasteiger partial charge < -0.3 is 10.6 Å². The summed E-state index contributed by atoms with van der Waals surface area (Å²) in [5.41, 5.74) is -0.341. The monoisotopic (exact) mass is 280 g/mol. The van der Waals surface area contributed by atoms with Crippen LogP contribution in [0.15, 0.2) is 12.2 Å².